The number of carbonyl (C=O) groups excluding carboxylic acids is 2. The zero-order valence-corrected chi connectivity index (χ0v) is 26.0. The molecule has 4 aromatic rings. The normalized spacial score (nSPS) is 21.6. The summed E-state index contributed by atoms with van der Waals surface area (Å²) >= 11 is 0. The van der Waals surface area contributed by atoms with Gasteiger partial charge in [0.25, 0.3) is 0 Å². The molecule has 0 bridgehead atoms. The van der Waals surface area contributed by atoms with E-state index in [1.54, 1.807) is 4.90 Å². The summed E-state index contributed by atoms with van der Waals surface area (Å²) in [4.78, 5) is 30.3. The van der Waals surface area contributed by atoms with Crippen molar-refractivity contribution in [1.29, 1.82) is 0 Å². The third-order valence-corrected chi connectivity index (χ3v) is 11.1. The number of rotatable bonds is 8. The Kier molecular flexibility index (Phi) is 7.69. The molecule has 4 aromatic carbocycles. The fraction of sp³-hybridized carbons (Fsp3) is 0.436. The molecule has 2 amide bonds. The smallest absolute Gasteiger partial charge is 0.239 e. The van der Waals surface area contributed by atoms with Crippen LogP contribution in [0, 0.1) is 5.41 Å². The lowest BCUT2D eigenvalue weighted by Crippen LogP contribution is -2.59. The molecule has 0 aliphatic heterocycles. The van der Waals surface area contributed by atoms with Crippen molar-refractivity contribution in [2.45, 2.75) is 100 Å². The van der Waals surface area contributed by atoms with Gasteiger partial charge in [-0.15, -0.1) is 0 Å². The first-order valence-electron chi connectivity index (χ1n) is 16.8. The molecular formula is C39H44N2O4. The fourth-order valence-corrected chi connectivity index (χ4v) is 8.57. The quantitative estimate of drug-likeness (QED) is 0.184. The zero-order chi connectivity index (χ0) is 31.2. The standard InChI is InChI=1S/C39H44N2O4/c40-35(42)37(25-26-37)36(43)41(33(38(44)21-7-1-8-22-38)31-19-11-15-27-13-3-5-17-29(27)31)34(39(45)23-9-2-10-24-39)32-20-12-16-28-14-4-6-18-30(28)32/h3-6,11-20,33-34,44-45H,1-2,7-10,21-26H2,(H2,40,42). The first-order chi connectivity index (χ1) is 21.8. The minimum absolute atomic E-state index is 0.371. The number of hydrogen-bond donors (Lipinski definition) is 3. The van der Waals surface area contributed by atoms with Crippen LogP contribution in [0.25, 0.3) is 21.5 Å². The number of carbonyl (C=O) groups is 2. The Morgan fingerprint density at radius 2 is 0.978 bits per heavy atom. The molecule has 6 nitrogen and oxygen atoms in total. The van der Waals surface area contributed by atoms with Crippen molar-refractivity contribution in [1.82, 2.24) is 4.90 Å². The van der Waals surface area contributed by atoms with E-state index < -0.39 is 34.6 Å². The summed E-state index contributed by atoms with van der Waals surface area (Å²) in [5.41, 5.74) is 3.85. The lowest BCUT2D eigenvalue weighted by atomic mass is 9.70. The molecule has 7 rings (SSSR count). The van der Waals surface area contributed by atoms with Crippen LogP contribution in [-0.4, -0.2) is 38.1 Å². The Bertz CT molecular complexity index is 1610. The van der Waals surface area contributed by atoms with Crippen molar-refractivity contribution in [3.05, 3.63) is 96.1 Å². The highest BCUT2D eigenvalue weighted by Gasteiger charge is 2.62. The number of amides is 2. The molecule has 3 aliphatic carbocycles. The fourth-order valence-electron chi connectivity index (χ4n) is 8.57. The Hall–Kier alpha value is -3.74. The van der Waals surface area contributed by atoms with E-state index in [-0.39, 0.29) is 5.91 Å². The third kappa shape index (κ3) is 5.12. The van der Waals surface area contributed by atoms with Crippen LogP contribution in [0.5, 0.6) is 0 Å². The van der Waals surface area contributed by atoms with Gasteiger partial charge in [-0.05, 0) is 71.2 Å². The van der Waals surface area contributed by atoms with Crippen LogP contribution in [0.2, 0.25) is 0 Å². The van der Waals surface area contributed by atoms with E-state index in [9.17, 15) is 15.0 Å². The SMILES string of the molecule is NC(=O)C1(C(=O)N(C(c2cccc3ccccc23)C2(O)CCCCC2)C(c2cccc3ccccc23)C2(O)CCCCC2)CC1. The molecule has 2 atom stereocenters. The minimum atomic E-state index is -1.35. The Balaban J connectivity index is 1.56. The van der Waals surface area contributed by atoms with Crippen LogP contribution in [0.15, 0.2) is 84.9 Å². The maximum absolute atomic E-state index is 15.3. The lowest BCUT2D eigenvalue weighted by molar-refractivity contribution is -0.173. The average Bonchev–Trinajstić information content (AvgIpc) is 3.88. The predicted molar refractivity (Wildman–Crippen MR) is 177 cm³/mol. The largest absolute Gasteiger partial charge is 0.387 e. The molecule has 3 fully saturated rings. The van der Waals surface area contributed by atoms with Crippen molar-refractivity contribution in [3.8, 4) is 0 Å². The summed E-state index contributed by atoms with van der Waals surface area (Å²) in [7, 11) is 0. The molecule has 3 aliphatic rings. The molecule has 45 heavy (non-hydrogen) atoms. The highest BCUT2D eigenvalue weighted by molar-refractivity contribution is 6.08. The average molecular weight is 605 g/mol. The van der Waals surface area contributed by atoms with E-state index in [1.165, 1.54) is 0 Å². The molecule has 0 radical (unpaired) electrons. The van der Waals surface area contributed by atoms with E-state index in [0.717, 1.165) is 71.2 Å². The van der Waals surface area contributed by atoms with Crippen molar-refractivity contribution in [3.63, 3.8) is 0 Å². The highest BCUT2D eigenvalue weighted by atomic mass is 16.3. The van der Waals surface area contributed by atoms with Gasteiger partial charge in [-0.2, -0.15) is 0 Å². The molecule has 0 spiro atoms. The zero-order valence-electron chi connectivity index (χ0n) is 26.0. The summed E-state index contributed by atoms with van der Waals surface area (Å²) < 4.78 is 0. The topological polar surface area (TPSA) is 104 Å². The summed E-state index contributed by atoms with van der Waals surface area (Å²) in [5.74, 6) is -0.999. The van der Waals surface area contributed by atoms with Crippen molar-refractivity contribution >= 4 is 33.4 Å². The second-order valence-corrected chi connectivity index (χ2v) is 13.9. The summed E-state index contributed by atoms with van der Waals surface area (Å²) in [5, 5.41) is 29.7. The van der Waals surface area contributed by atoms with E-state index in [0.29, 0.717) is 38.5 Å². The van der Waals surface area contributed by atoms with E-state index in [2.05, 4.69) is 36.4 Å². The Morgan fingerprint density at radius 1 is 0.578 bits per heavy atom. The van der Waals surface area contributed by atoms with E-state index in [4.69, 9.17) is 5.73 Å². The monoisotopic (exact) mass is 604 g/mol. The Labute approximate surface area is 265 Å². The maximum Gasteiger partial charge on any atom is 0.239 e. The molecule has 2 unspecified atom stereocenters. The van der Waals surface area contributed by atoms with Crippen LogP contribution in [0.1, 0.15) is 100 Å². The van der Waals surface area contributed by atoms with Crippen LogP contribution >= 0.6 is 0 Å². The lowest BCUT2D eigenvalue weighted by Gasteiger charge is -2.53. The first kappa shape index (κ1) is 29.9. The number of fused-ring (bicyclic) bond motifs is 2. The van der Waals surface area contributed by atoms with E-state index >= 15 is 4.79 Å². The molecular weight excluding hydrogens is 560 g/mol. The summed E-state index contributed by atoms with van der Waals surface area (Å²) in [6, 6.07) is 26.7. The van der Waals surface area contributed by atoms with Gasteiger partial charge in [-0.3, -0.25) is 9.59 Å². The number of aliphatic hydroxyl groups is 2. The Morgan fingerprint density at radius 3 is 1.38 bits per heavy atom. The van der Waals surface area contributed by atoms with Gasteiger partial charge in [0.1, 0.15) is 5.41 Å². The second-order valence-electron chi connectivity index (χ2n) is 13.9. The molecule has 4 N–H and O–H groups in total. The second kappa shape index (κ2) is 11.6. The van der Waals surface area contributed by atoms with Gasteiger partial charge >= 0.3 is 0 Å². The number of primary amides is 1. The van der Waals surface area contributed by atoms with Gasteiger partial charge in [0, 0.05) is 0 Å². The first-order valence-corrected chi connectivity index (χ1v) is 16.8. The molecule has 234 valence electrons. The van der Waals surface area contributed by atoms with Crippen LogP contribution < -0.4 is 5.73 Å². The van der Waals surface area contributed by atoms with Crippen LogP contribution in [-0.2, 0) is 9.59 Å². The molecule has 0 saturated heterocycles. The molecule has 0 heterocycles. The van der Waals surface area contributed by atoms with Gasteiger partial charge in [0.15, 0.2) is 0 Å². The highest BCUT2D eigenvalue weighted by Crippen LogP contribution is 2.56. The van der Waals surface area contributed by atoms with Crippen LogP contribution in [0.3, 0.4) is 0 Å². The number of hydrogen-bond acceptors (Lipinski definition) is 4. The maximum atomic E-state index is 15.3. The minimum Gasteiger partial charge on any atom is -0.387 e. The van der Waals surface area contributed by atoms with Gasteiger partial charge < -0.3 is 20.8 Å². The van der Waals surface area contributed by atoms with Gasteiger partial charge in [0.2, 0.25) is 11.8 Å². The van der Waals surface area contributed by atoms with Crippen molar-refractivity contribution in [2.24, 2.45) is 11.1 Å². The number of nitrogens with two attached hydrogens (primary N) is 1. The summed E-state index contributed by atoms with van der Waals surface area (Å²) in [6.45, 7) is 0. The summed E-state index contributed by atoms with van der Waals surface area (Å²) in [6.07, 6.45) is 8.22. The van der Waals surface area contributed by atoms with E-state index in [1.807, 2.05) is 48.5 Å². The number of nitrogens with zero attached hydrogens (tertiary/aromatic N) is 1. The van der Waals surface area contributed by atoms with Gasteiger partial charge in [0.05, 0.1) is 23.3 Å². The molecule has 0 aromatic heterocycles. The van der Waals surface area contributed by atoms with Crippen molar-refractivity contribution in [2.75, 3.05) is 0 Å². The molecule has 3 saturated carbocycles. The van der Waals surface area contributed by atoms with Gasteiger partial charge in [-0.25, -0.2) is 0 Å². The third-order valence-electron chi connectivity index (χ3n) is 11.1. The molecule has 6 heteroatoms. The predicted octanol–water partition coefficient (Wildman–Crippen LogP) is 7.26. The van der Waals surface area contributed by atoms with Gasteiger partial charge in [-0.1, -0.05) is 123 Å². The van der Waals surface area contributed by atoms with Crippen LogP contribution in [0.4, 0.5) is 0 Å². The van der Waals surface area contributed by atoms with Crippen molar-refractivity contribution < 1.29 is 19.8 Å². The number of benzene rings is 4.